The smallest absolute Gasteiger partial charge is 0.124 e. The van der Waals surface area contributed by atoms with Gasteiger partial charge in [0.2, 0.25) is 0 Å². The summed E-state index contributed by atoms with van der Waals surface area (Å²) in [6, 6.07) is 7.63. The molecule has 1 atom stereocenters. The Morgan fingerprint density at radius 3 is 2.95 bits per heavy atom. The summed E-state index contributed by atoms with van der Waals surface area (Å²) in [4.78, 5) is 4.15. The van der Waals surface area contributed by atoms with E-state index in [1.54, 1.807) is 29.3 Å². The molecule has 0 spiro atoms. The monoisotopic (exact) mass is 283 g/mol. The molecule has 0 radical (unpaired) electrons. The lowest BCUT2D eigenvalue weighted by atomic mass is 10.00. The molecule has 3 aromatic rings. The molecule has 108 valence electrons. The van der Waals surface area contributed by atoms with Gasteiger partial charge in [-0.2, -0.15) is 5.10 Å². The Kier molecular flexibility index (Phi) is 3.81. The molecule has 1 aromatic carbocycles. The molecule has 3 rings (SSSR count). The zero-order chi connectivity index (χ0) is 14.7. The summed E-state index contributed by atoms with van der Waals surface area (Å²) in [5.74, 6) is 6.60. The highest BCUT2D eigenvalue weighted by Gasteiger charge is 2.20. The van der Waals surface area contributed by atoms with Gasteiger partial charge in [-0.1, -0.05) is 18.2 Å². The SMILES string of the molecule is CCOc1ccccc1C(NN)c1cnn2ccncc12. The van der Waals surface area contributed by atoms with Crippen LogP contribution in [0.25, 0.3) is 5.52 Å². The molecule has 0 bridgehead atoms. The molecule has 0 aliphatic heterocycles. The number of nitrogens with zero attached hydrogens (tertiary/aromatic N) is 3. The molecule has 1 unspecified atom stereocenters. The molecule has 0 aliphatic carbocycles. The van der Waals surface area contributed by atoms with Gasteiger partial charge in [0.05, 0.1) is 30.6 Å². The van der Waals surface area contributed by atoms with Crippen molar-refractivity contribution in [1.82, 2.24) is 20.0 Å². The summed E-state index contributed by atoms with van der Waals surface area (Å²) in [6.45, 7) is 2.56. The van der Waals surface area contributed by atoms with Crippen LogP contribution in [-0.4, -0.2) is 21.2 Å². The minimum atomic E-state index is -0.213. The molecular weight excluding hydrogens is 266 g/mol. The lowest BCUT2D eigenvalue weighted by Gasteiger charge is -2.19. The molecule has 2 aromatic heterocycles. The molecule has 2 heterocycles. The van der Waals surface area contributed by atoms with Crippen molar-refractivity contribution < 1.29 is 4.74 Å². The summed E-state index contributed by atoms with van der Waals surface area (Å²) in [5, 5.41) is 4.33. The fourth-order valence-electron chi connectivity index (χ4n) is 2.43. The predicted octanol–water partition coefficient (Wildman–Crippen LogP) is 1.68. The van der Waals surface area contributed by atoms with Crippen molar-refractivity contribution in [2.75, 3.05) is 6.61 Å². The Morgan fingerprint density at radius 1 is 1.29 bits per heavy atom. The third-order valence-electron chi connectivity index (χ3n) is 3.36. The summed E-state index contributed by atoms with van der Waals surface area (Å²) < 4.78 is 7.47. The van der Waals surface area contributed by atoms with Gasteiger partial charge in [-0.3, -0.25) is 10.8 Å². The second-order valence-electron chi connectivity index (χ2n) is 4.58. The van der Waals surface area contributed by atoms with Crippen LogP contribution < -0.4 is 16.0 Å². The summed E-state index contributed by atoms with van der Waals surface area (Å²) in [5.41, 5.74) is 5.69. The normalized spacial score (nSPS) is 12.5. The van der Waals surface area contributed by atoms with Crippen molar-refractivity contribution in [3.63, 3.8) is 0 Å². The van der Waals surface area contributed by atoms with Gasteiger partial charge in [0.1, 0.15) is 5.75 Å². The summed E-state index contributed by atoms with van der Waals surface area (Å²) >= 11 is 0. The minimum absolute atomic E-state index is 0.213. The van der Waals surface area contributed by atoms with Gasteiger partial charge in [0.15, 0.2) is 0 Å². The number of hydrogen-bond donors (Lipinski definition) is 2. The molecule has 6 heteroatoms. The van der Waals surface area contributed by atoms with Crippen molar-refractivity contribution in [2.45, 2.75) is 13.0 Å². The van der Waals surface area contributed by atoms with Gasteiger partial charge in [0, 0.05) is 23.5 Å². The first-order valence-electron chi connectivity index (χ1n) is 6.80. The molecule has 0 saturated heterocycles. The molecule has 0 aliphatic rings. The molecule has 0 saturated carbocycles. The van der Waals surface area contributed by atoms with Gasteiger partial charge in [-0.25, -0.2) is 9.94 Å². The minimum Gasteiger partial charge on any atom is -0.494 e. The van der Waals surface area contributed by atoms with E-state index in [4.69, 9.17) is 10.6 Å². The second-order valence-corrected chi connectivity index (χ2v) is 4.58. The maximum atomic E-state index is 5.79. The zero-order valence-electron chi connectivity index (χ0n) is 11.7. The number of hydrogen-bond acceptors (Lipinski definition) is 5. The highest BCUT2D eigenvalue weighted by molar-refractivity contribution is 5.57. The highest BCUT2D eigenvalue weighted by atomic mass is 16.5. The molecule has 3 N–H and O–H groups in total. The van der Waals surface area contributed by atoms with E-state index in [9.17, 15) is 0 Å². The maximum Gasteiger partial charge on any atom is 0.124 e. The van der Waals surface area contributed by atoms with Crippen LogP contribution in [0.1, 0.15) is 24.1 Å². The Hall–Kier alpha value is -2.44. The van der Waals surface area contributed by atoms with Crippen molar-refractivity contribution in [1.29, 1.82) is 0 Å². The van der Waals surface area contributed by atoms with Gasteiger partial charge < -0.3 is 4.74 Å². The lowest BCUT2D eigenvalue weighted by molar-refractivity contribution is 0.333. The number of hydrazine groups is 1. The fraction of sp³-hybridized carbons (Fsp3) is 0.200. The number of aromatic nitrogens is 3. The van der Waals surface area contributed by atoms with Crippen molar-refractivity contribution in [3.8, 4) is 5.75 Å². The van der Waals surface area contributed by atoms with Gasteiger partial charge in [-0.05, 0) is 13.0 Å². The number of ether oxygens (including phenoxy) is 1. The van der Waals surface area contributed by atoms with E-state index in [1.807, 2.05) is 31.2 Å². The van der Waals surface area contributed by atoms with Crippen LogP contribution in [0.5, 0.6) is 5.75 Å². The zero-order valence-corrected chi connectivity index (χ0v) is 11.7. The highest BCUT2D eigenvalue weighted by Crippen LogP contribution is 2.31. The second kappa shape index (κ2) is 5.90. The van der Waals surface area contributed by atoms with Gasteiger partial charge >= 0.3 is 0 Å². The fourth-order valence-corrected chi connectivity index (χ4v) is 2.43. The number of nitrogens with two attached hydrogens (primary N) is 1. The van der Waals surface area contributed by atoms with E-state index in [-0.39, 0.29) is 6.04 Å². The summed E-state index contributed by atoms with van der Waals surface area (Å²) in [7, 11) is 0. The maximum absolute atomic E-state index is 5.79. The topological polar surface area (TPSA) is 77.5 Å². The van der Waals surface area contributed by atoms with Crippen LogP contribution in [0.2, 0.25) is 0 Å². The Bertz CT molecular complexity index is 740. The first-order chi connectivity index (χ1) is 10.3. The molecular formula is C15H17N5O. The number of fused-ring (bicyclic) bond motifs is 1. The van der Waals surface area contributed by atoms with Crippen LogP contribution in [-0.2, 0) is 0 Å². The van der Waals surface area contributed by atoms with Gasteiger partial charge in [-0.15, -0.1) is 0 Å². The van der Waals surface area contributed by atoms with Crippen LogP contribution in [0, 0.1) is 0 Å². The van der Waals surface area contributed by atoms with Crippen LogP contribution in [0.15, 0.2) is 49.1 Å². The largest absolute Gasteiger partial charge is 0.494 e. The third-order valence-corrected chi connectivity index (χ3v) is 3.36. The molecule has 0 amide bonds. The van der Waals surface area contributed by atoms with E-state index >= 15 is 0 Å². The summed E-state index contributed by atoms with van der Waals surface area (Å²) in [6.07, 6.45) is 7.07. The van der Waals surface area contributed by atoms with E-state index in [2.05, 4.69) is 15.5 Å². The Morgan fingerprint density at radius 2 is 2.14 bits per heavy atom. The molecule has 0 fully saturated rings. The standard InChI is InChI=1S/C15H17N5O/c1-2-21-14-6-4-3-5-11(14)15(19-16)12-9-18-20-8-7-17-10-13(12)20/h3-10,15,19H,2,16H2,1H3. The predicted molar refractivity (Wildman–Crippen MR) is 79.8 cm³/mol. The first-order valence-corrected chi connectivity index (χ1v) is 6.80. The average molecular weight is 283 g/mol. The van der Waals surface area contributed by atoms with Crippen LogP contribution >= 0.6 is 0 Å². The number of nitrogens with one attached hydrogen (secondary N) is 1. The van der Waals surface area contributed by atoms with Crippen molar-refractivity contribution in [3.05, 3.63) is 60.2 Å². The molecule has 6 nitrogen and oxygen atoms in total. The van der Waals surface area contributed by atoms with E-state index in [0.717, 1.165) is 22.4 Å². The quantitative estimate of drug-likeness (QED) is 0.550. The Balaban J connectivity index is 2.10. The van der Waals surface area contributed by atoms with E-state index in [0.29, 0.717) is 6.61 Å². The van der Waals surface area contributed by atoms with Crippen molar-refractivity contribution >= 4 is 5.52 Å². The Labute approximate surface area is 122 Å². The van der Waals surface area contributed by atoms with Gasteiger partial charge in [0.25, 0.3) is 0 Å². The lowest BCUT2D eigenvalue weighted by Crippen LogP contribution is -2.29. The van der Waals surface area contributed by atoms with Crippen LogP contribution in [0.3, 0.4) is 0 Å². The first kappa shape index (κ1) is 13.5. The van der Waals surface area contributed by atoms with Crippen LogP contribution in [0.4, 0.5) is 0 Å². The molecule has 21 heavy (non-hydrogen) atoms. The number of para-hydroxylation sites is 1. The number of rotatable bonds is 5. The van der Waals surface area contributed by atoms with E-state index in [1.165, 1.54) is 0 Å². The number of benzene rings is 1. The average Bonchev–Trinajstić information content (AvgIpc) is 2.94. The third kappa shape index (κ3) is 2.46. The van der Waals surface area contributed by atoms with Crippen molar-refractivity contribution in [2.24, 2.45) is 5.84 Å². The van der Waals surface area contributed by atoms with E-state index < -0.39 is 0 Å².